The first-order valence-electron chi connectivity index (χ1n) is 10.7. The SMILES string of the molecule is O=C(Cc1c(-c2ccccc2)cccc1-c1ccccc1)Nc1cccc2cccnc12. The molecule has 0 saturated heterocycles. The molecule has 1 aromatic heterocycles. The molecular weight excluding hydrogens is 392 g/mol. The van der Waals surface area contributed by atoms with E-state index in [0.29, 0.717) is 0 Å². The summed E-state index contributed by atoms with van der Waals surface area (Å²) >= 11 is 0. The molecule has 5 aromatic rings. The van der Waals surface area contributed by atoms with Crippen molar-refractivity contribution in [1.29, 1.82) is 0 Å². The Morgan fingerprint density at radius 3 is 1.91 bits per heavy atom. The highest BCUT2D eigenvalue weighted by Gasteiger charge is 2.16. The summed E-state index contributed by atoms with van der Waals surface area (Å²) in [7, 11) is 0. The van der Waals surface area contributed by atoms with Crippen LogP contribution in [0.15, 0.2) is 115 Å². The summed E-state index contributed by atoms with van der Waals surface area (Å²) in [5.41, 5.74) is 6.86. The van der Waals surface area contributed by atoms with Gasteiger partial charge in [0.15, 0.2) is 0 Å². The minimum absolute atomic E-state index is 0.0660. The molecule has 0 aliphatic carbocycles. The molecule has 0 bridgehead atoms. The van der Waals surface area contributed by atoms with Gasteiger partial charge in [0.25, 0.3) is 0 Å². The summed E-state index contributed by atoms with van der Waals surface area (Å²) in [6, 6.07) is 36.4. The second-order valence-corrected chi connectivity index (χ2v) is 7.67. The zero-order valence-corrected chi connectivity index (χ0v) is 17.5. The van der Waals surface area contributed by atoms with Crippen molar-refractivity contribution in [3.05, 3.63) is 121 Å². The number of fused-ring (bicyclic) bond motifs is 1. The van der Waals surface area contributed by atoms with Crippen molar-refractivity contribution < 1.29 is 4.79 Å². The van der Waals surface area contributed by atoms with Gasteiger partial charge in [0.05, 0.1) is 17.6 Å². The minimum Gasteiger partial charge on any atom is -0.324 e. The number of aromatic nitrogens is 1. The van der Waals surface area contributed by atoms with E-state index in [2.05, 4.69) is 52.8 Å². The molecule has 154 valence electrons. The first-order chi connectivity index (χ1) is 15.8. The Bertz CT molecular complexity index is 1320. The van der Waals surface area contributed by atoms with E-state index in [0.717, 1.165) is 44.4 Å². The van der Waals surface area contributed by atoms with E-state index >= 15 is 0 Å². The molecule has 1 heterocycles. The molecule has 0 aliphatic heterocycles. The lowest BCUT2D eigenvalue weighted by atomic mass is 9.90. The number of para-hydroxylation sites is 1. The standard InChI is InChI=1S/C29H22N2O/c32-28(31-27-18-7-14-23-15-9-19-30-29(23)27)20-26-24(21-10-3-1-4-11-21)16-8-17-25(26)22-12-5-2-6-13-22/h1-19H,20H2,(H,31,32). The van der Waals surface area contributed by atoms with E-state index in [4.69, 9.17) is 0 Å². The largest absolute Gasteiger partial charge is 0.324 e. The molecule has 1 amide bonds. The number of hydrogen-bond acceptors (Lipinski definition) is 2. The van der Waals surface area contributed by atoms with Gasteiger partial charge in [-0.2, -0.15) is 0 Å². The first kappa shape index (κ1) is 19.7. The van der Waals surface area contributed by atoms with Crippen LogP contribution in [0.3, 0.4) is 0 Å². The number of carbonyl (C=O) groups is 1. The number of nitrogens with one attached hydrogen (secondary N) is 1. The van der Waals surface area contributed by atoms with E-state index in [1.165, 1.54) is 0 Å². The highest BCUT2D eigenvalue weighted by molar-refractivity contribution is 6.02. The third kappa shape index (κ3) is 4.01. The molecule has 0 fully saturated rings. The number of hydrogen-bond donors (Lipinski definition) is 1. The van der Waals surface area contributed by atoms with Gasteiger partial charge in [0, 0.05) is 11.6 Å². The van der Waals surface area contributed by atoms with Gasteiger partial charge in [-0.1, -0.05) is 97.1 Å². The van der Waals surface area contributed by atoms with Gasteiger partial charge in [-0.05, 0) is 39.9 Å². The Kier molecular flexibility index (Phi) is 5.46. The molecule has 4 aromatic carbocycles. The topological polar surface area (TPSA) is 42.0 Å². The van der Waals surface area contributed by atoms with Crippen LogP contribution in [0.25, 0.3) is 33.2 Å². The van der Waals surface area contributed by atoms with Crippen LogP contribution in [-0.2, 0) is 11.2 Å². The number of pyridine rings is 1. The molecule has 0 saturated carbocycles. The predicted octanol–water partition coefficient (Wildman–Crippen LogP) is 6.75. The van der Waals surface area contributed by atoms with Gasteiger partial charge in [-0.3, -0.25) is 9.78 Å². The number of carbonyl (C=O) groups excluding carboxylic acids is 1. The van der Waals surface area contributed by atoms with E-state index in [1.54, 1.807) is 6.20 Å². The van der Waals surface area contributed by atoms with Crippen LogP contribution in [-0.4, -0.2) is 10.9 Å². The fourth-order valence-corrected chi connectivity index (χ4v) is 4.11. The number of benzene rings is 4. The lowest BCUT2D eigenvalue weighted by Crippen LogP contribution is -2.16. The van der Waals surface area contributed by atoms with Crippen LogP contribution in [0.1, 0.15) is 5.56 Å². The van der Waals surface area contributed by atoms with Crippen LogP contribution in [0.5, 0.6) is 0 Å². The fourth-order valence-electron chi connectivity index (χ4n) is 4.11. The quantitative estimate of drug-likeness (QED) is 0.346. The first-order valence-corrected chi connectivity index (χ1v) is 10.7. The van der Waals surface area contributed by atoms with Gasteiger partial charge >= 0.3 is 0 Å². The molecule has 0 aliphatic rings. The Balaban J connectivity index is 1.55. The molecule has 0 unspecified atom stereocenters. The Hall–Kier alpha value is -4.24. The number of amides is 1. The summed E-state index contributed by atoms with van der Waals surface area (Å²) in [6.07, 6.45) is 2.01. The monoisotopic (exact) mass is 414 g/mol. The zero-order chi connectivity index (χ0) is 21.8. The molecular formula is C29H22N2O. The maximum atomic E-state index is 13.3. The highest BCUT2D eigenvalue weighted by atomic mass is 16.1. The lowest BCUT2D eigenvalue weighted by molar-refractivity contribution is -0.115. The van der Waals surface area contributed by atoms with Crippen molar-refractivity contribution in [2.24, 2.45) is 0 Å². The molecule has 3 nitrogen and oxygen atoms in total. The van der Waals surface area contributed by atoms with Gasteiger partial charge < -0.3 is 5.32 Å². The van der Waals surface area contributed by atoms with E-state index in [9.17, 15) is 4.79 Å². The summed E-state index contributed by atoms with van der Waals surface area (Å²) in [6.45, 7) is 0. The average Bonchev–Trinajstić information content (AvgIpc) is 2.85. The summed E-state index contributed by atoms with van der Waals surface area (Å²) < 4.78 is 0. The summed E-state index contributed by atoms with van der Waals surface area (Å²) in [5, 5.41) is 4.09. The van der Waals surface area contributed by atoms with E-state index < -0.39 is 0 Å². The van der Waals surface area contributed by atoms with Crippen LogP contribution in [0, 0.1) is 0 Å². The van der Waals surface area contributed by atoms with Gasteiger partial charge in [-0.15, -0.1) is 0 Å². The molecule has 3 heteroatoms. The Morgan fingerprint density at radius 2 is 1.25 bits per heavy atom. The minimum atomic E-state index is -0.0660. The van der Waals surface area contributed by atoms with Crippen LogP contribution >= 0.6 is 0 Å². The molecule has 0 radical (unpaired) electrons. The fraction of sp³-hybridized carbons (Fsp3) is 0.0345. The second kappa shape index (κ2) is 8.86. The predicted molar refractivity (Wildman–Crippen MR) is 131 cm³/mol. The van der Waals surface area contributed by atoms with Crippen LogP contribution in [0.2, 0.25) is 0 Å². The molecule has 0 atom stereocenters. The highest BCUT2D eigenvalue weighted by Crippen LogP contribution is 2.33. The second-order valence-electron chi connectivity index (χ2n) is 7.67. The Morgan fingerprint density at radius 1 is 0.656 bits per heavy atom. The van der Waals surface area contributed by atoms with E-state index in [-0.39, 0.29) is 12.3 Å². The van der Waals surface area contributed by atoms with E-state index in [1.807, 2.05) is 66.7 Å². The summed E-state index contributed by atoms with van der Waals surface area (Å²) in [5.74, 6) is -0.0660. The van der Waals surface area contributed by atoms with Crippen LogP contribution < -0.4 is 5.32 Å². The third-order valence-electron chi connectivity index (χ3n) is 5.59. The lowest BCUT2D eigenvalue weighted by Gasteiger charge is -2.16. The van der Waals surface area contributed by atoms with Crippen molar-refractivity contribution >= 4 is 22.5 Å². The van der Waals surface area contributed by atoms with Gasteiger partial charge in [-0.25, -0.2) is 0 Å². The maximum Gasteiger partial charge on any atom is 0.228 e. The number of anilines is 1. The zero-order valence-electron chi connectivity index (χ0n) is 17.5. The average molecular weight is 415 g/mol. The smallest absolute Gasteiger partial charge is 0.228 e. The van der Waals surface area contributed by atoms with Crippen LogP contribution in [0.4, 0.5) is 5.69 Å². The van der Waals surface area contributed by atoms with Crippen molar-refractivity contribution in [2.45, 2.75) is 6.42 Å². The van der Waals surface area contributed by atoms with Gasteiger partial charge in [0.2, 0.25) is 5.91 Å². The van der Waals surface area contributed by atoms with Crippen molar-refractivity contribution in [3.63, 3.8) is 0 Å². The molecule has 5 rings (SSSR count). The van der Waals surface area contributed by atoms with Crippen molar-refractivity contribution in [3.8, 4) is 22.3 Å². The van der Waals surface area contributed by atoms with Crippen molar-refractivity contribution in [1.82, 2.24) is 4.98 Å². The Labute approximate surface area is 187 Å². The third-order valence-corrected chi connectivity index (χ3v) is 5.59. The van der Waals surface area contributed by atoms with Gasteiger partial charge in [0.1, 0.15) is 0 Å². The number of nitrogens with zero attached hydrogens (tertiary/aromatic N) is 1. The van der Waals surface area contributed by atoms with Crippen molar-refractivity contribution in [2.75, 3.05) is 5.32 Å². The normalized spacial score (nSPS) is 10.8. The summed E-state index contributed by atoms with van der Waals surface area (Å²) in [4.78, 5) is 17.7. The molecule has 0 spiro atoms. The molecule has 32 heavy (non-hydrogen) atoms. The number of rotatable bonds is 5. The maximum absolute atomic E-state index is 13.3. The molecule has 1 N–H and O–H groups in total.